The minimum absolute atomic E-state index is 0.0381. The molecule has 0 aromatic heterocycles. The third-order valence-electron chi connectivity index (χ3n) is 1.91. The lowest BCUT2D eigenvalue weighted by molar-refractivity contribution is -0.142. The van der Waals surface area contributed by atoms with Crippen LogP contribution in [0.25, 0.3) is 0 Å². The van der Waals surface area contributed by atoms with Crippen molar-refractivity contribution in [2.24, 2.45) is 0 Å². The standard InChI is InChI=1S/C9H4ClF6NO/c10-7-5(8(11,12)13)1-4(17-3-18)2-6(7)9(14,15)16/h1-3H,(H,17,18). The minimum atomic E-state index is -5.06. The van der Waals surface area contributed by atoms with Crippen LogP contribution < -0.4 is 5.32 Å². The van der Waals surface area contributed by atoms with Gasteiger partial charge >= 0.3 is 12.4 Å². The van der Waals surface area contributed by atoms with E-state index in [9.17, 15) is 31.1 Å². The van der Waals surface area contributed by atoms with E-state index in [1.807, 2.05) is 0 Å². The molecule has 0 aliphatic rings. The fraction of sp³-hybridized carbons (Fsp3) is 0.222. The molecule has 0 fully saturated rings. The van der Waals surface area contributed by atoms with Gasteiger partial charge in [-0.05, 0) is 12.1 Å². The quantitative estimate of drug-likeness (QED) is 0.649. The van der Waals surface area contributed by atoms with E-state index in [2.05, 4.69) is 0 Å². The Morgan fingerprint density at radius 2 is 1.39 bits per heavy atom. The number of alkyl halides is 6. The maximum absolute atomic E-state index is 12.5. The normalized spacial score (nSPS) is 12.4. The Morgan fingerprint density at radius 1 is 1.00 bits per heavy atom. The van der Waals surface area contributed by atoms with Gasteiger partial charge in [-0.25, -0.2) is 0 Å². The van der Waals surface area contributed by atoms with E-state index < -0.39 is 34.2 Å². The summed E-state index contributed by atoms with van der Waals surface area (Å²) in [4.78, 5) is 10.1. The van der Waals surface area contributed by atoms with Crippen molar-refractivity contribution in [3.05, 3.63) is 28.3 Å². The van der Waals surface area contributed by atoms with E-state index in [1.165, 1.54) is 0 Å². The maximum atomic E-state index is 12.5. The monoisotopic (exact) mass is 291 g/mol. The highest BCUT2D eigenvalue weighted by Crippen LogP contribution is 2.43. The third kappa shape index (κ3) is 3.06. The lowest BCUT2D eigenvalue weighted by Gasteiger charge is -2.16. The minimum Gasteiger partial charge on any atom is -0.329 e. The molecule has 0 radical (unpaired) electrons. The molecule has 18 heavy (non-hydrogen) atoms. The first-order valence-electron chi connectivity index (χ1n) is 4.25. The molecule has 0 bridgehead atoms. The second-order valence-electron chi connectivity index (χ2n) is 3.14. The Kier molecular flexibility index (Phi) is 3.80. The van der Waals surface area contributed by atoms with Crippen LogP contribution in [0.4, 0.5) is 32.0 Å². The molecule has 0 spiro atoms. The Bertz CT molecular complexity index is 432. The van der Waals surface area contributed by atoms with Gasteiger partial charge in [-0.15, -0.1) is 0 Å². The topological polar surface area (TPSA) is 29.1 Å². The fourth-order valence-electron chi connectivity index (χ4n) is 1.19. The second-order valence-corrected chi connectivity index (χ2v) is 3.52. The zero-order valence-corrected chi connectivity index (χ0v) is 9.04. The van der Waals surface area contributed by atoms with Crippen LogP contribution in [0.2, 0.25) is 5.02 Å². The largest absolute Gasteiger partial charge is 0.417 e. The van der Waals surface area contributed by atoms with Crippen LogP contribution in [-0.4, -0.2) is 6.41 Å². The summed E-state index contributed by atoms with van der Waals surface area (Å²) in [6.07, 6.45) is -10.2. The number of nitrogens with one attached hydrogen (secondary N) is 1. The van der Waals surface area contributed by atoms with Crippen LogP contribution in [0, 0.1) is 0 Å². The molecule has 0 heterocycles. The summed E-state index contributed by atoms with van der Waals surface area (Å²) < 4.78 is 74.8. The molecule has 0 aliphatic carbocycles. The van der Waals surface area contributed by atoms with Crippen LogP contribution >= 0.6 is 11.6 Å². The van der Waals surface area contributed by atoms with E-state index in [4.69, 9.17) is 11.6 Å². The lowest BCUT2D eigenvalue weighted by atomic mass is 10.1. The molecule has 1 amide bonds. The van der Waals surface area contributed by atoms with Crippen molar-refractivity contribution in [3.63, 3.8) is 0 Å². The molecule has 0 aliphatic heterocycles. The molecule has 100 valence electrons. The van der Waals surface area contributed by atoms with Crippen LogP contribution in [0.15, 0.2) is 12.1 Å². The zero-order chi connectivity index (χ0) is 14.1. The van der Waals surface area contributed by atoms with Gasteiger partial charge in [-0.3, -0.25) is 4.79 Å². The van der Waals surface area contributed by atoms with Gasteiger partial charge in [-0.2, -0.15) is 26.3 Å². The maximum Gasteiger partial charge on any atom is 0.417 e. The van der Waals surface area contributed by atoms with Gasteiger partial charge in [-0.1, -0.05) is 11.6 Å². The highest BCUT2D eigenvalue weighted by Gasteiger charge is 2.41. The second kappa shape index (κ2) is 4.68. The van der Waals surface area contributed by atoms with E-state index >= 15 is 0 Å². The average Bonchev–Trinajstić information content (AvgIpc) is 2.17. The van der Waals surface area contributed by atoms with Gasteiger partial charge in [0, 0.05) is 5.69 Å². The number of amides is 1. The van der Waals surface area contributed by atoms with Crippen molar-refractivity contribution in [2.45, 2.75) is 12.4 Å². The molecule has 1 aromatic carbocycles. The Labute approximate surface area is 102 Å². The molecule has 2 nitrogen and oxygen atoms in total. The number of benzene rings is 1. The predicted octanol–water partition coefficient (Wildman–Crippen LogP) is 3.95. The summed E-state index contributed by atoms with van der Waals surface area (Å²) in [5.74, 6) is 0. The summed E-state index contributed by atoms with van der Waals surface area (Å²) >= 11 is 5.09. The number of anilines is 1. The fourth-order valence-corrected chi connectivity index (χ4v) is 1.51. The van der Waals surface area contributed by atoms with Gasteiger partial charge in [0.2, 0.25) is 6.41 Å². The first-order chi connectivity index (χ1) is 8.07. The lowest BCUT2D eigenvalue weighted by Crippen LogP contribution is -2.13. The molecule has 0 saturated heterocycles. The molecular formula is C9H4ClF6NO. The van der Waals surface area contributed by atoms with E-state index in [1.54, 1.807) is 5.32 Å². The van der Waals surface area contributed by atoms with Crippen LogP contribution in [0.3, 0.4) is 0 Å². The summed E-state index contributed by atoms with van der Waals surface area (Å²) in [7, 11) is 0. The van der Waals surface area contributed by atoms with Crippen LogP contribution in [0.1, 0.15) is 11.1 Å². The van der Waals surface area contributed by atoms with Crippen molar-refractivity contribution in [1.82, 2.24) is 0 Å². The van der Waals surface area contributed by atoms with Crippen molar-refractivity contribution < 1.29 is 31.1 Å². The molecule has 0 saturated carbocycles. The van der Waals surface area contributed by atoms with E-state index in [0.717, 1.165) is 0 Å². The number of halogens is 7. The van der Waals surface area contributed by atoms with Crippen molar-refractivity contribution in [2.75, 3.05) is 5.32 Å². The SMILES string of the molecule is O=CNc1cc(C(F)(F)F)c(Cl)c(C(F)(F)F)c1. The first-order valence-corrected chi connectivity index (χ1v) is 4.63. The molecule has 0 unspecified atom stereocenters. The highest BCUT2D eigenvalue weighted by molar-refractivity contribution is 6.32. The molecule has 0 atom stereocenters. The van der Waals surface area contributed by atoms with Gasteiger partial charge in [0.15, 0.2) is 0 Å². The molecular weight excluding hydrogens is 288 g/mol. The summed E-state index contributed by atoms with van der Waals surface area (Å²) in [5.41, 5.74) is -3.97. The average molecular weight is 292 g/mol. The molecule has 1 rings (SSSR count). The summed E-state index contributed by atoms with van der Waals surface area (Å²) in [6.45, 7) is 0. The van der Waals surface area contributed by atoms with Gasteiger partial charge in [0.25, 0.3) is 0 Å². The van der Waals surface area contributed by atoms with E-state index in [-0.39, 0.29) is 6.41 Å². The smallest absolute Gasteiger partial charge is 0.329 e. The Balaban J connectivity index is 3.53. The molecule has 9 heteroatoms. The van der Waals surface area contributed by atoms with Gasteiger partial charge in [0.1, 0.15) is 0 Å². The van der Waals surface area contributed by atoms with Gasteiger partial charge < -0.3 is 5.32 Å². The van der Waals surface area contributed by atoms with Gasteiger partial charge in [0.05, 0.1) is 16.1 Å². The third-order valence-corrected chi connectivity index (χ3v) is 2.32. The number of hydrogen-bond donors (Lipinski definition) is 1. The van der Waals surface area contributed by atoms with Crippen LogP contribution in [-0.2, 0) is 17.1 Å². The summed E-state index contributed by atoms with van der Waals surface area (Å²) in [6, 6.07) is 0.651. The van der Waals surface area contributed by atoms with Crippen LogP contribution in [0.5, 0.6) is 0 Å². The number of carbonyl (C=O) groups excluding carboxylic acids is 1. The van der Waals surface area contributed by atoms with Crippen molar-refractivity contribution in [1.29, 1.82) is 0 Å². The summed E-state index contributed by atoms with van der Waals surface area (Å²) in [5, 5.41) is 0.268. The number of rotatable bonds is 2. The number of hydrogen-bond acceptors (Lipinski definition) is 1. The predicted molar refractivity (Wildman–Crippen MR) is 51.1 cm³/mol. The highest BCUT2D eigenvalue weighted by atomic mass is 35.5. The van der Waals surface area contributed by atoms with Crippen molar-refractivity contribution >= 4 is 23.7 Å². The Hall–Kier alpha value is -1.44. The Morgan fingerprint density at radius 3 is 1.67 bits per heavy atom. The zero-order valence-electron chi connectivity index (χ0n) is 8.29. The number of carbonyl (C=O) groups is 1. The molecule has 1 aromatic rings. The molecule has 1 N–H and O–H groups in total. The first kappa shape index (κ1) is 14.6. The van der Waals surface area contributed by atoms with E-state index in [0.29, 0.717) is 12.1 Å². The van der Waals surface area contributed by atoms with Crippen molar-refractivity contribution in [3.8, 4) is 0 Å².